The third kappa shape index (κ3) is 3.15. The number of nitrogens with one attached hydrogen (secondary N) is 2. The summed E-state index contributed by atoms with van der Waals surface area (Å²) in [5.74, 6) is 0.531. The second kappa shape index (κ2) is 6.58. The summed E-state index contributed by atoms with van der Waals surface area (Å²) in [7, 11) is 1.69. The summed E-state index contributed by atoms with van der Waals surface area (Å²) in [6.07, 6.45) is 4.95. The lowest BCUT2D eigenvalue weighted by Crippen LogP contribution is -2.31. The highest BCUT2D eigenvalue weighted by Gasteiger charge is 2.20. The lowest BCUT2D eigenvalue weighted by molar-refractivity contribution is 0.0957. The molecule has 0 aromatic carbocycles. The van der Waals surface area contributed by atoms with E-state index < -0.39 is 0 Å². The topological polar surface area (TPSA) is 105 Å². The van der Waals surface area contributed by atoms with Crippen LogP contribution in [-0.4, -0.2) is 26.8 Å². The van der Waals surface area contributed by atoms with Gasteiger partial charge in [-0.15, -0.1) is 0 Å². The number of aryl methyl sites for hydroxylation is 2. The minimum absolute atomic E-state index is 0.199. The molecule has 124 valence electrons. The number of ether oxygens (including phenoxy) is 1. The van der Waals surface area contributed by atoms with Gasteiger partial charge in [-0.1, -0.05) is 0 Å². The molecule has 1 saturated carbocycles. The molecule has 24 heavy (non-hydrogen) atoms. The van der Waals surface area contributed by atoms with Crippen LogP contribution in [0.2, 0.25) is 0 Å². The average Bonchev–Trinajstić information content (AvgIpc) is 2.81. The molecular formula is C16H18N6O2. The van der Waals surface area contributed by atoms with Crippen molar-refractivity contribution in [2.75, 3.05) is 5.43 Å². The molecule has 1 amide bonds. The molecule has 2 aromatic rings. The molecule has 1 aliphatic carbocycles. The van der Waals surface area contributed by atoms with Gasteiger partial charge in [-0.3, -0.25) is 20.3 Å². The van der Waals surface area contributed by atoms with Crippen LogP contribution in [-0.2, 0) is 7.05 Å². The number of nitriles is 1. The summed E-state index contributed by atoms with van der Waals surface area (Å²) in [5.41, 5.74) is 6.72. The molecule has 1 fully saturated rings. The lowest BCUT2D eigenvalue weighted by atomic mass is 9.96. The Balaban J connectivity index is 1.67. The first kappa shape index (κ1) is 15.8. The Morgan fingerprint density at radius 1 is 1.50 bits per heavy atom. The van der Waals surface area contributed by atoms with Crippen molar-refractivity contribution in [3.8, 4) is 11.9 Å². The van der Waals surface area contributed by atoms with Crippen molar-refractivity contribution in [1.82, 2.24) is 20.2 Å². The Bertz CT molecular complexity index is 803. The van der Waals surface area contributed by atoms with Gasteiger partial charge < -0.3 is 4.74 Å². The number of hydrazine groups is 1. The van der Waals surface area contributed by atoms with E-state index in [1.165, 1.54) is 17.3 Å². The molecule has 1 aliphatic rings. The monoisotopic (exact) mass is 326 g/mol. The molecule has 8 heteroatoms. The van der Waals surface area contributed by atoms with Gasteiger partial charge in [-0.2, -0.15) is 10.4 Å². The molecule has 8 nitrogen and oxygen atoms in total. The number of pyridine rings is 1. The largest absolute Gasteiger partial charge is 0.474 e. The Morgan fingerprint density at radius 2 is 2.29 bits per heavy atom. The Morgan fingerprint density at radius 3 is 2.96 bits per heavy atom. The number of amides is 1. The highest BCUT2D eigenvalue weighted by Crippen LogP contribution is 2.24. The first-order chi connectivity index (χ1) is 11.6. The van der Waals surface area contributed by atoms with Crippen LogP contribution in [0.25, 0.3) is 0 Å². The van der Waals surface area contributed by atoms with Gasteiger partial charge in [0, 0.05) is 24.9 Å². The minimum Gasteiger partial charge on any atom is -0.474 e. The van der Waals surface area contributed by atoms with Crippen molar-refractivity contribution in [2.45, 2.75) is 32.3 Å². The Hall–Kier alpha value is -3.08. The zero-order chi connectivity index (χ0) is 17.1. The maximum Gasteiger partial charge on any atom is 0.269 e. The zero-order valence-corrected chi connectivity index (χ0v) is 13.5. The summed E-state index contributed by atoms with van der Waals surface area (Å²) in [6.45, 7) is 1.73. The molecule has 2 heterocycles. The molecule has 0 saturated heterocycles. The van der Waals surface area contributed by atoms with Crippen molar-refractivity contribution < 1.29 is 9.53 Å². The number of carbonyl (C=O) groups excluding carboxylic acids is 1. The van der Waals surface area contributed by atoms with Crippen LogP contribution in [0.15, 0.2) is 18.3 Å². The maximum absolute atomic E-state index is 12.3. The van der Waals surface area contributed by atoms with Crippen molar-refractivity contribution in [1.29, 1.82) is 5.26 Å². The van der Waals surface area contributed by atoms with Crippen LogP contribution >= 0.6 is 0 Å². The predicted molar refractivity (Wildman–Crippen MR) is 86.3 cm³/mol. The summed E-state index contributed by atoms with van der Waals surface area (Å²) >= 11 is 0. The van der Waals surface area contributed by atoms with Gasteiger partial charge in [0.05, 0.1) is 5.69 Å². The molecule has 2 aromatic heterocycles. The van der Waals surface area contributed by atoms with Crippen LogP contribution in [0.1, 0.15) is 40.9 Å². The van der Waals surface area contributed by atoms with E-state index in [9.17, 15) is 4.79 Å². The van der Waals surface area contributed by atoms with Gasteiger partial charge in [0.15, 0.2) is 5.82 Å². The predicted octanol–water partition coefficient (Wildman–Crippen LogP) is 1.68. The first-order valence-corrected chi connectivity index (χ1v) is 7.71. The van der Waals surface area contributed by atoms with E-state index in [0.29, 0.717) is 28.5 Å². The van der Waals surface area contributed by atoms with E-state index in [-0.39, 0.29) is 12.0 Å². The molecule has 2 N–H and O–H groups in total. The van der Waals surface area contributed by atoms with E-state index >= 15 is 0 Å². The maximum atomic E-state index is 12.3. The summed E-state index contributed by atoms with van der Waals surface area (Å²) < 4.78 is 7.20. The number of nitrogens with zero attached hydrogens (tertiary/aromatic N) is 4. The number of hydrogen-bond donors (Lipinski definition) is 2. The standard InChI is InChI=1S/C16H18N6O2/c1-10-13(9-17)15(22(2)21-10)19-20-16(23)11-6-7-18-14(8-11)24-12-4-3-5-12/h6-8,12,19H,3-5H2,1-2H3,(H,20,23). The summed E-state index contributed by atoms with van der Waals surface area (Å²) in [6, 6.07) is 5.27. The van der Waals surface area contributed by atoms with E-state index in [4.69, 9.17) is 10.00 Å². The second-order valence-electron chi connectivity index (χ2n) is 5.68. The fraction of sp³-hybridized carbons (Fsp3) is 0.375. The smallest absolute Gasteiger partial charge is 0.269 e. The number of hydrogen-bond acceptors (Lipinski definition) is 6. The van der Waals surface area contributed by atoms with Crippen LogP contribution in [0, 0.1) is 18.3 Å². The fourth-order valence-electron chi connectivity index (χ4n) is 2.40. The van der Waals surface area contributed by atoms with E-state index in [0.717, 1.165) is 12.8 Å². The Kier molecular flexibility index (Phi) is 4.33. The van der Waals surface area contributed by atoms with Crippen LogP contribution < -0.4 is 15.6 Å². The van der Waals surface area contributed by atoms with E-state index in [1.807, 2.05) is 0 Å². The number of carbonyl (C=O) groups is 1. The van der Waals surface area contributed by atoms with Crippen molar-refractivity contribution in [2.24, 2.45) is 7.05 Å². The first-order valence-electron chi connectivity index (χ1n) is 7.71. The van der Waals surface area contributed by atoms with E-state index in [1.54, 1.807) is 26.1 Å². The van der Waals surface area contributed by atoms with Gasteiger partial charge in [0.2, 0.25) is 5.88 Å². The number of rotatable bonds is 5. The van der Waals surface area contributed by atoms with Crippen LogP contribution in [0.5, 0.6) is 5.88 Å². The fourth-order valence-corrected chi connectivity index (χ4v) is 2.40. The number of anilines is 1. The quantitative estimate of drug-likeness (QED) is 0.810. The molecule has 0 bridgehead atoms. The molecule has 0 radical (unpaired) electrons. The molecule has 3 rings (SSSR count). The van der Waals surface area contributed by atoms with Crippen LogP contribution in [0.4, 0.5) is 5.82 Å². The van der Waals surface area contributed by atoms with Crippen LogP contribution in [0.3, 0.4) is 0 Å². The number of aromatic nitrogens is 3. The highest BCUT2D eigenvalue weighted by atomic mass is 16.5. The third-order valence-electron chi connectivity index (χ3n) is 3.97. The SMILES string of the molecule is Cc1nn(C)c(NNC(=O)c2ccnc(OC3CCC3)c2)c1C#N. The van der Waals surface area contributed by atoms with Crippen molar-refractivity contribution in [3.05, 3.63) is 35.2 Å². The van der Waals surface area contributed by atoms with E-state index in [2.05, 4.69) is 27.0 Å². The van der Waals surface area contributed by atoms with Crippen molar-refractivity contribution in [3.63, 3.8) is 0 Å². The molecule has 0 spiro atoms. The molecular weight excluding hydrogens is 308 g/mol. The van der Waals surface area contributed by atoms with Gasteiger partial charge in [0.25, 0.3) is 5.91 Å². The molecule has 0 aliphatic heterocycles. The minimum atomic E-state index is -0.349. The van der Waals surface area contributed by atoms with Gasteiger partial charge >= 0.3 is 0 Å². The van der Waals surface area contributed by atoms with Crippen molar-refractivity contribution >= 4 is 11.7 Å². The second-order valence-corrected chi connectivity index (χ2v) is 5.68. The highest BCUT2D eigenvalue weighted by molar-refractivity contribution is 5.95. The average molecular weight is 326 g/mol. The summed E-state index contributed by atoms with van der Waals surface area (Å²) in [4.78, 5) is 16.4. The van der Waals surface area contributed by atoms with Gasteiger partial charge in [0.1, 0.15) is 17.7 Å². The van der Waals surface area contributed by atoms with Gasteiger partial charge in [-0.25, -0.2) is 4.98 Å². The van der Waals surface area contributed by atoms with Gasteiger partial charge in [-0.05, 0) is 32.3 Å². The Labute approximate surface area is 139 Å². The molecule has 0 atom stereocenters. The molecule has 0 unspecified atom stereocenters. The summed E-state index contributed by atoms with van der Waals surface area (Å²) in [5, 5.41) is 13.3. The third-order valence-corrected chi connectivity index (χ3v) is 3.97. The zero-order valence-electron chi connectivity index (χ0n) is 13.5. The lowest BCUT2D eigenvalue weighted by Gasteiger charge is -2.25. The normalized spacial score (nSPS) is 13.7.